The number of methoxy groups -OCH3 is 1. The molecule has 0 fully saturated rings. The van der Waals surface area contributed by atoms with E-state index in [0.717, 1.165) is 23.4 Å². The largest absolute Gasteiger partial charge is 0.497 e. The average molecular weight is 291 g/mol. The maximum Gasteiger partial charge on any atom is 0.228 e. The fraction of sp³-hybridized carbons (Fsp3) is 0.211. The van der Waals surface area contributed by atoms with Crippen LogP contribution in [0.2, 0.25) is 0 Å². The summed E-state index contributed by atoms with van der Waals surface area (Å²) in [6, 6.07) is 12.4. The van der Waals surface area contributed by atoms with Crippen LogP contribution in [0.1, 0.15) is 28.7 Å². The van der Waals surface area contributed by atoms with Gasteiger partial charge in [0.25, 0.3) is 0 Å². The molecule has 22 heavy (non-hydrogen) atoms. The topological polar surface area (TPSA) is 38.3 Å². The van der Waals surface area contributed by atoms with Gasteiger partial charge < -0.3 is 10.1 Å². The van der Waals surface area contributed by atoms with Crippen molar-refractivity contribution in [2.75, 3.05) is 12.4 Å². The highest BCUT2D eigenvalue weighted by Crippen LogP contribution is 2.45. The smallest absolute Gasteiger partial charge is 0.228 e. The first-order chi connectivity index (χ1) is 10.7. The van der Waals surface area contributed by atoms with Gasteiger partial charge in [-0.15, -0.1) is 0 Å². The molecule has 0 spiro atoms. The number of amides is 1. The van der Waals surface area contributed by atoms with E-state index in [1.54, 1.807) is 7.11 Å². The Morgan fingerprint density at radius 2 is 1.82 bits per heavy atom. The Morgan fingerprint density at radius 1 is 1.00 bits per heavy atom. The van der Waals surface area contributed by atoms with Crippen LogP contribution in [0.4, 0.5) is 5.69 Å². The molecule has 0 bridgehead atoms. The standard InChI is InChI=1S/C19H17NO2/c1-11-3-4-12-8-16-14-6-5-13(22-2)9-18(14)20-19(21)10-17(16)15(12)7-11/h3-7,9H,8,10H2,1-2H3,(H,20,21). The highest BCUT2D eigenvalue weighted by Gasteiger charge is 2.28. The first-order valence-electron chi connectivity index (χ1n) is 7.46. The van der Waals surface area contributed by atoms with Crippen LogP contribution in [0.15, 0.2) is 36.4 Å². The average Bonchev–Trinajstić information content (AvgIpc) is 2.78. The lowest BCUT2D eigenvalue weighted by atomic mass is 9.98. The number of carbonyl (C=O) groups is 1. The molecule has 1 N–H and O–H groups in total. The van der Waals surface area contributed by atoms with Crippen LogP contribution in [0, 0.1) is 6.92 Å². The summed E-state index contributed by atoms with van der Waals surface area (Å²) >= 11 is 0. The van der Waals surface area contributed by atoms with Crippen LogP contribution in [-0.4, -0.2) is 13.0 Å². The Kier molecular flexibility index (Phi) is 2.83. The number of aryl methyl sites for hydroxylation is 1. The van der Waals surface area contributed by atoms with Crippen LogP contribution in [-0.2, 0) is 11.2 Å². The van der Waals surface area contributed by atoms with Crippen molar-refractivity contribution < 1.29 is 9.53 Å². The van der Waals surface area contributed by atoms with Gasteiger partial charge in [-0.05, 0) is 47.8 Å². The van der Waals surface area contributed by atoms with Crippen molar-refractivity contribution in [1.29, 1.82) is 0 Å². The Balaban J connectivity index is 1.92. The number of anilines is 1. The molecule has 0 atom stereocenters. The van der Waals surface area contributed by atoms with Gasteiger partial charge in [-0.3, -0.25) is 4.79 Å². The molecule has 2 aromatic rings. The second-order valence-corrected chi connectivity index (χ2v) is 5.93. The van der Waals surface area contributed by atoms with E-state index in [1.165, 1.54) is 27.8 Å². The lowest BCUT2D eigenvalue weighted by Crippen LogP contribution is -2.11. The minimum Gasteiger partial charge on any atom is -0.497 e. The molecular formula is C19H17NO2. The quantitative estimate of drug-likeness (QED) is 0.867. The van der Waals surface area contributed by atoms with Gasteiger partial charge in [0, 0.05) is 11.6 Å². The van der Waals surface area contributed by atoms with Crippen molar-refractivity contribution in [3.63, 3.8) is 0 Å². The van der Waals surface area contributed by atoms with Crippen molar-refractivity contribution >= 4 is 22.7 Å². The monoisotopic (exact) mass is 291 g/mol. The number of hydrogen-bond donors (Lipinski definition) is 1. The molecule has 1 aliphatic carbocycles. The molecule has 0 radical (unpaired) electrons. The summed E-state index contributed by atoms with van der Waals surface area (Å²) < 4.78 is 5.28. The first kappa shape index (κ1) is 13.1. The van der Waals surface area contributed by atoms with Gasteiger partial charge in [0.05, 0.1) is 19.2 Å². The van der Waals surface area contributed by atoms with Crippen molar-refractivity contribution in [3.8, 4) is 5.75 Å². The minimum absolute atomic E-state index is 0.0360. The Hall–Kier alpha value is -2.55. The zero-order chi connectivity index (χ0) is 15.3. The second-order valence-electron chi connectivity index (χ2n) is 5.93. The molecule has 0 saturated heterocycles. The molecule has 1 heterocycles. The molecule has 3 nitrogen and oxygen atoms in total. The van der Waals surface area contributed by atoms with Crippen LogP contribution >= 0.6 is 0 Å². The molecule has 1 amide bonds. The Bertz CT molecular complexity index is 833. The van der Waals surface area contributed by atoms with E-state index >= 15 is 0 Å². The predicted molar refractivity (Wildman–Crippen MR) is 87.9 cm³/mol. The summed E-state index contributed by atoms with van der Waals surface area (Å²) in [5, 5.41) is 3.01. The molecule has 3 heteroatoms. The number of carbonyl (C=O) groups excluding carboxylic acids is 1. The summed E-state index contributed by atoms with van der Waals surface area (Å²) in [6.45, 7) is 2.09. The Labute approximate surface area is 129 Å². The van der Waals surface area contributed by atoms with Gasteiger partial charge in [0.1, 0.15) is 5.75 Å². The molecule has 2 aliphatic rings. The van der Waals surface area contributed by atoms with E-state index in [2.05, 4.69) is 30.4 Å². The van der Waals surface area contributed by atoms with Crippen molar-refractivity contribution in [3.05, 3.63) is 58.7 Å². The van der Waals surface area contributed by atoms with Gasteiger partial charge in [-0.1, -0.05) is 23.8 Å². The van der Waals surface area contributed by atoms with Crippen LogP contribution in [0.5, 0.6) is 5.75 Å². The zero-order valence-electron chi connectivity index (χ0n) is 12.7. The number of ether oxygens (including phenoxy) is 1. The van der Waals surface area contributed by atoms with Crippen LogP contribution in [0.25, 0.3) is 11.1 Å². The summed E-state index contributed by atoms with van der Waals surface area (Å²) in [5.41, 5.74) is 8.15. The second kappa shape index (κ2) is 4.73. The third kappa shape index (κ3) is 1.93. The molecule has 4 rings (SSSR count). The fourth-order valence-corrected chi connectivity index (χ4v) is 3.42. The molecular weight excluding hydrogens is 274 g/mol. The molecule has 110 valence electrons. The molecule has 1 aliphatic heterocycles. The van der Waals surface area contributed by atoms with Crippen molar-refractivity contribution in [1.82, 2.24) is 0 Å². The summed E-state index contributed by atoms with van der Waals surface area (Å²) in [7, 11) is 1.64. The van der Waals surface area contributed by atoms with Gasteiger partial charge in [-0.25, -0.2) is 0 Å². The predicted octanol–water partition coefficient (Wildman–Crippen LogP) is 3.81. The molecule has 0 unspecified atom stereocenters. The lowest BCUT2D eigenvalue weighted by Gasteiger charge is -2.11. The highest BCUT2D eigenvalue weighted by atomic mass is 16.5. The van der Waals surface area contributed by atoms with Gasteiger partial charge >= 0.3 is 0 Å². The number of fused-ring (bicyclic) bond motifs is 4. The van der Waals surface area contributed by atoms with E-state index in [4.69, 9.17) is 4.74 Å². The molecule has 2 aromatic carbocycles. The summed E-state index contributed by atoms with van der Waals surface area (Å²) in [6.07, 6.45) is 1.32. The van der Waals surface area contributed by atoms with Crippen LogP contribution < -0.4 is 10.1 Å². The van der Waals surface area contributed by atoms with E-state index in [9.17, 15) is 4.79 Å². The van der Waals surface area contributed by atoms with Crippen LogP contribution in [0.3, 0.4) is 0 Å². The zero-order valence-corrected chi connectivity index (χ0v) is 12.7. The maximum absolute atomic E-state index is 12.3. The number of hydrogen-bond acceptors (Lipinski definition) is 2. The van der Waals surface area contributed by atoms with E-state index in [0.29, 0.717) is 6.42 Å². The maximum atomic E-state index is 12.3. The summed E-state index contributed by atoms with van der Waals surface area (Å²) in [5.74, 6) is 0.795. The van der Waals surface area contributed by atoms with Gasteiger partial charge in [-0.2, -0.15) is 0 Å². The minimum atomic E-state index is 0.0360. The normalized spacial score (nSPS) is 15.6. The highest BCUT2D eigenvalue weighted by molar-refractivity contribution is 6.12. The molecule has 0 saturated carbocycles. The van der Waals surface area contributed by atoms with Gasteiger partial charge in [0.15, 0.2) is 0 Å². The lowest BCUT2D eigenvalue weighted by molar-refractivity contribution is -0.115. The number of nitrogens with one attached hydrogen (secondary N) is 1. The number of rotatable bonds is 1. The number of allylic oxidation sites excluding steroid dienone is 1. The van der Waals surface area contributed by atoms with E-state index in [1.807, 2.05) is 18.2 Å². The van der Waals surface area contributed by atoms with E-state index in [-0.39, 0.29) is 5.91 Å². The third-order valence-corrected chi connectivity index (χ3v) is 4.49. The van der Waals surface area contributed by atoms with Crippen molar-refractivity contribution in [2.24, 2.45) is 0 Å². The first-order valence-corrected chi connectivity index (χ1v) is 7.46. The fourth-order valence-electron chi connectivity index (χ4n) is 3.42. The van der Waals surface area contributed by atoms with Crippen molar-refractivity contribution in [2.45, 2.75) is 19.8 Å². The Morgan fingerprint density at radius 3 is 2.64 bits per heavy atom. The van der Waals surface area contributed by atoms with E-state index < -0.39 is 0 Å². The third-order valence-electron chi connectivity index (χ3n) is 4.49. The number of benzene rings is 2. The molecule has 0 aromatic heterocycles. The summed E-state index contributed by atoms with van der Waals surface area (Å²) in [4.78, 5) is 12.3. The SMILES string of the molecule is COc1ccc2c(c1)NC(=O)CC1=C2Cc2ccc(C)cc21. The van der Waals surface area contributed by atoms with Gasteiger partial charge in [0.2, 0.25) is 5.91 Å².